The van der Waals surface area contributed by atoms with Crippen LogP contribution in [0.15, 0.2) is 48.5 Å². The van der Waals surface area contributed by atoms with E-state index in [1.54, 1.807) is 0 Å². The molecule has 0 fully saturated rings. The van der Waals surface area contributed by atoms with Crippen LogP contribution in [0.1, 0.15) is 32.8 Å². The van der Waals surface area contributed by atoms with Crippen LogP contribution in [-0.2, 0) is 6.54 Å². The average molecular weight is 313 g/mol. The number of hydrogen-bond donors (Lipinski definition) is 1. The van der Waals surface area contributed by atoms with Crippen molar-refractivity contribution >= 4 is 5.69 Å². The van der Waals surface area contributed by atoms with Gasteiger partial charge in [0.05, 0.1) is 13.2 Å². The van der Waals surface area contributed by atoms with Gasteiger partial charge in [-0.3, -0.25) is 0 Å². The van der Waals surface area contributed by atoms with Crippen molar-refractivity contribution in [2.24, 2.45) is 5.92 Å². The molecule has 0 aliphatic carbocycles. The molecule has 23 heavy (non-hydrogen) atoms. The molecule has 2 rings (SSSR count). The van der Waals surface area contributed by atoms with E-state index in [-0.39, 0.29) is 0 Å². The maximum Gasteiger partial charge on any atom is 0.121 e. The highest BCUT2D eigenvalue weighted by Crippen LogP contribution is 2.20. The summed E-state index contributed by atoms with van der Waals surface area (Å²) < 4.78 is 11.3. The summed E-state index contributed by atoms with van der Waals surface area (Å²) in [6.45, 7) is 8.62. The van der Waals surface area contributed by atoms with E-state index >= 15 is 0 Å². The van der Waals surface area contributed by atoms with Crippen LogP contribution in [0.25, 0.3) is 0 Å². The second-order valence-corrected chi connectivity index (χ2v) is 5.99. The molecule has 1 N–H and O–H groups in total. The molecule has 0 aliphatic rings. The molecule has 0 radical (unpaired) electrons. The summed E-state index contributed by atoms with van der Waals surface area (Å²) in [5.74, 6) is 2.49. The quantitative estimate of drug-likeness (QED) is 0.697. The van der Waals surface area contributed by atoms with Crippen molar-refractivity contribution in [3.05, 3.63) is 54.1 Å². The average Bonchev–Trinajstić information content (AvgIpc) is 2.54. The predicted octanol–water partition coefficient (Wildman–Crippen LogP) is 5.12. The Morgan fingerprint density at radius 1 is 0.957 bits per heavy atom. The highest BCUT2D eigenvalue weighted by molar-refractivity contribution is 5.48. The second kappa shape index (κ2) is 9.09. The van der Waals surface area contributed by atoms with E-state index in [4.69, 9.17) is 9.47 Å². The molecule has 0 heterocycles. The minimum Gasteiger partial charge on any atom is -0.494 e. The molecule has 0 aliphatic heterocycles. The normalized spacial score (nSPS) is 10.6. The monoisotopic (exact) mass is 313 g/mol. The van der Waals surface area contributed by atoms with Crippen molar-refractivity contribution in [1.82, 2.24) is 0 Å². The van der Waals surface area contributed by atoms with Gasteiger partial charge in [-0.15, -0.1) is 0 Å². The zero-order valence-corrected chi connectivity index (χ0v) is 14.3. The summed E-state index contributed by atoms with van der Waals surface area (Å²) in [4.78, 5) is 0. The van der Waals surface area contributed by atoms with E-state index < -0.39 is 0 Å². The topological polar surface area (TPSA) is 30.5 Å². The number of nitrogens with one attached hydrogen (secondary N) is 1. The first-order chi connectivity index (χ1) is 11.2. The predicted molar refractivity (Wildman–Crippen MR) is 96.3 cm³/mol. The lowest BCUT2D eigenvalue weighted by atomic mass is 10.1. The molecule has 0 spiro atoms. The third kappa shape index (κ3) is 6.23. The van der Waals surface area contributed by atoms with Crippen LogP contribution in [0.3, 0.4) is 0 Å². The van der Waals surface area contributed by atoms with Gasteiger partial charge in [-0.1, -0.05) is 32.0 Å². The Balaban J connectivity index is 1.89. The van der Waals surface area contributed by atoms with Crippen LogP contribution in [0.4, 0.5) is 5.69 Å². The second-order valence-electron chi connectivity index (χ2n) is 5.99. The van der Waals surface area contributed by atoms with Crippen molar-refractivity contribution < 1.29 is 9.47 Å². The number of anilines is 1. The van der Waals surface area contributed by atoms with E-state index in [1.807, 2.05) is 37.3 Å². The van der Waals surface area contributed by atoms with Crippen molar-refractivity contribution in [3.63, 3.8) is 0 Å². The van der Waals surface area contributed by atoms with Gasteiger partial charge in [0.2, 0.25) is 0 Å². The van der Waals surface area contributed by atoms with Crippen LogP contribution < -0.4 is 14.8 Å². The zero-order chi connectivity index (χ0) is 16.5. The fourth-order valence-electron chi connectivity index (χ4n) is 2.22. The molecule has 2 aromatic rings. The molecule has 0 saturated carbocycles. The fourth-order valence-corrected chi connectivity index (χ4v) is 2.22. The van der Waals surface area contributed by atoms with Crippen molar-refractivity contribution in [1.29, 1.82) is 0 Å². The Morgan fingerprint density at radius 2 is 1.70 bits per heavy atom. The van der Waals surface area contributed by atoms with Crippen LogP contribution in [0.5, 0.6) is 11.5 Å². The third-order valence-corrected chi connectivity index (χ3v) is 3.50. The minimum absolute atomic E-state index is 0.661. The highest BCUT2D eigenvalue weighted by Gasteiger charge is 2.00. The van der Waals surface area contributed by atoms with Crippen LogP contribution >= 0.6 is 0 Å². The largest absolute Gasteiger partial charge is 0.494 e. The lowest BCUT2D eigenvalue weighted by Crippen LogP contribution is -2.03. The summed E-state index contributed by atoms with van der Waals surface area (Å²) in [5, 5.41) is 3.43. The standard InChI is InChI=1S/C20H27NO2/c1-4-22-19-9-5-7-17(13-19)15-21-18-8-6-10-20(14-18)23-12-11-16(2)3/h5-10,13-14,16,21H,4,11-12,15H2,1-3H3. The van der Waals surface area contributed by atoms with Gasteiger partial charge in [-0.2, -0.15) is 0 Å². The van der Waals surface area contributed by atoms with E-state index in [0.29, 0.717) is 12.5 Å². The third-order valence-electron chi connectivity index (χ3n) is 3.50. The van der Waals surface area contributed by atoms with Gasteiger partial charge in [-0.25, -0.2) is 0 Å². The molecule has 3 heteroatoms. The maximum absolute atomic E-state index is 5.80. The molecule has 0 saturated heterocycles. The first kappa shape index (κ1) is 17.2. The lowest BCUT2D eigenvalue weighted by molar-refractivity contribution is 0.289. The van der Waals surface area contributed by atoms with Crippen molar-refractivity contribution in [2.45, 2.75) is 33.7 Å². The molecule has 0 atom stereocenters. The molecule has 2 aromatic carbocycles. The Bertz CT molecular complexity index is 596. The molecule has 0 aromatic heterocycles. The van der Waals surface area contributed by atoms with Gasteiger partial charge in [0.25, 0.3) is 0 Å². The summed E-state index contributed by atoms with van der Waals surface area (Å²) in [6, 6.07) is 16.3. The first-order valence-electron chi connectivity index (χ1n) is 8.36. The van der Waals surface area contributed by atoms with E-state index in [1.165, 1.54) is 5.56 Å². The van der Waals surface area contributed by atoms with Crippen molar-refractivity contribution in [3.8, 4) is 11.5 Å². The Morgan fingerprint density at radius 3 is 2.43 bits per heavy atom. The molecule has 3 nitrogen and oxygen atoms in total. The molecule has 124 valence electrons. The van der Waals surface area contributed by atoms with Gasteiger partial charge < -0.3 is 14.8 Å². The molecule has 0 unspecified atom stereocenters. The SMILES string of the molecule is CCOc1cccc(CNc2cccc(OCCC(C)C)c2)c1. The van der Waals surface area contributed by atoms with Crippen LogP contribution in [0, 0.1) is 5.92 Å². The number of hydrogen-bond acceptors (Lipinski definition) is 3. The Hall–Kier alpha value is -2.16. The molecular weight excluding hydrogens is 286 g/mol. The summed E-state index contributed by atoms with van der Waals surface area (Å²) in [5.41, 5.74) is 2.26. The first-order valence-corrected chi connectivity index (χ1v) is 8.36. The molecular formula is C20H27NO2. The lowest BCUT2D eigenvalue weighted by Gasteiger charge is -2.11. The Kier molecular flexibility index (Phi) is 6.79. The minimum atomic E-state index is 0.661. The van der Waals surface area contributed by atoms with E-state index in [2.05, 4.69) is 37.4 Å². The van der Waals surface area contributed by atoms with Gasteiger partial charge >= 0.3 is 0 Å². The molecule has 0 amide bonds. The summed E-state index contributed by atoms with van der Waals surface area (Å²) in [7, 11) is 0. The van der Waals surface area contributed by atoms with Gasteiger partial charge in [0, 0.05) is 18.3 Å². The van der Waals surface area contributed by atoms with Gasteiger partial charge in [0.15, 0.2) is 0 Å². The smallest absolute Gasteiger partial charge is 0.121 e. The van der Waals surface area contributed by atoms with Crippen molar-refractivity contribution in [2.75, 3.05) is 18.5 Å². The zero-order valence-electron chi connectivity index (χ0n) is 14.3. The molecule has 0 bridgehead atoms. The van der Waals surface area contributed by atoms with E-state index in [0.717, 1.165) is 36.8 Å². The fraction of sp³-hybridized carbons (Fsp3) is 0.400. The van der Waals surface area contributed by atoms with Gasteiger partial charge in [-0.05, 0) is 49.1 Å². The van der Waals surface area contributed by atoms with Crippen LogP contribution in [-0.4, -0.2) is 13.2 Å². The van der Waals surface area contributed by atoms with Crippen LogP contribution in [0.2, 0.25) is 0 Å². The summed E-state index contributed by atoms with van der Waals surface area (Å²) >= 11 is 0. The van der Waals surface area contributed by atoms with E-state index in [9.17, 15) is 0 Å². The number of ether oxygens (including phenoxy) is 2. The van der Waals surface area contributed by atoms with Gasteiger partial charge in [0.1, 0.15) is 11.5 Å². The highest BCUT2D eigenvalue weighted by atomic mass is 16.5. The number of benzene rings is 2. The number of rotatable bonds is 9. The summed E-state index contributed by atoms with van der Waals surface area (Å²) in [6.07, 6.45) is 1.07. The maximum atomic E-state index is 5.80. The Labute approximate surface area is 139 Å².